The molecule has 5 rings (SSSR count). The largest absolute Gasteiger partial charge is 0.493 e. The van der Waals surface area contributed by atoms with Crippen LogP contribution in [-0.4, -0.2) is 40.7 Å². The zero-order valence-corrected chi connectivity index (χ0v) is 17.6. The number of aromatic hydroxyl groups is 1. The Morgan fingerprint density at radius 2 is 2.09 bits per heavy atom. The van der Waals surface area contributed by atoms with Gasteiger partial charge in [-0.25, -0.2) is 9.79 Å². The van der Waals surface area contributed by atoms with Crippen LogP contribution < -0.4 is 21.8 Å². The molecule has 0 aliphatic heterocycles. The number of aromatic nitrogens is 6. The van der Waals surface area contributed by atoms with Gasteiger partial charge in [-0.2, -0.15) is 19.6 Å². The predicted octanol–water partition coefficient (Wildman–Crippen LogP) is 1.41. The number of hydrogen-bond donors (Lipinski definition) is 4. The van der Waals surface area contributed by atoms with E-state index in [1.807, 2.05) is 18.2 Å². The molecule has 0 saturated heterocycles. The molecule has 1 aliphatic rings. The average molecular weight is 432 g/mol. The molecule has 1 aromatic carbocycles. The molecule has 3 aromatic heterocycles. The van der Waals surface area contributed by atoms with Gasteiger partial charge in [0.25, 0.3) is 5.62 Å². The molecule has 0 bridgehead atoms. The number of benzene rings is 1. The first-order chi connectivity index (χ1) is 15.6. The van der Waals surface area contributed by atoms with Crippen molar-refractivity contribution in [2.75, 3.05) is 5.32 Å². The Labute approximate surface area is 182 Å². The molecule has 10 heteroatoms. The minimum absolute atomic E-state index is 0.0536. The second kappa shape index (κ2) is 8.29. The highest BCUT2D eigenvalue weighted by molar-refractivity contribution is 5.57. The summed E-state index contributed by atoms with van der Waals surface area (Å²) in [5, 5.41) is 18.4. The Morgan fingerprint density at radius 1 is 1.28 bits per heavy atom. The van der Waals surface area contributed by atoms with E-state index in [1.54, 1.807) is 16.8 Å². The SMILES string of the molecule is CCCC(Nc1nc(=NC2CC2)n2ncc(=Cc3[nH]c(=O)[nH]c3O)c2n1)c1ccccc1. The van der Waals surface area contributed by atoms with E-state index in [0.29, 0.717) is 22.4 Å². The van der Waals surface area contributed by atoms with Gasteiger partial charge in [-0.05, 0) is 30.9 Å². The zero-order valence-electron chi connectivity index (χ0n) is 17.6. The van der Waals surface area contributed by atoms with Crippen molar-refractivity contribution < 1.29 is 5.11 Å². The maximum absolute atomic E-state index is 11.5. The lowest BCUT2D eigenvalue weighted by molar-refractivity contribution is 0.454. The Bertz CT molecular complexity index is 1420. The smallest absolute Gasteiger partial charge is 0.326 e. The Balaban J connectivity index is 1.63. The van der Waals surface area contributed by atoms with E-state index in [2.05, 4.69) is 44.4 Å². The Morgan fingerprint density at radius 3 is 2.78 bits per heavy atom. The summed E-state index contributed by atoms with van der Waals surface area (Å²) < 4.78 is 1.59. The summed E-state index contributed by atoms with van der Waals surface area (Å²) in [5.41, 5.74) is 1.94. The fourth-order valence-electron chi connectivity index (χ4n) is 3.60. The molecule has 0 radical (unpaired) electrons. The first-order valence-electron chi connectivity index (χ1n) is 10.7. The van der Waals surface area contributed by atoms with Crippen LogP contribution in [0.15, 0.2) is 46.3 Å². The van der Waals surface area contributed by atoms with Crippen LogP contribution in [0.4, 0.5) is 5.95 Å². The number of H-pyrrole nitrogens is 2. The number of fused-ring (bicyclic) bond motifs is 1. The molecule has 1 fully saturated rings. The zero-order chi connectivity index (χ0) is 22.1. The van der Waals surface area contributed by atoms with Crippen molar-refractivity contribution in [3.8, 4) is 5.88 Å². The van der Waals surface area contributed by atoms with E-state index >= 15 is 0 Å². The second-order valence-electron chi connectivity index (χ2n) is 7.92. The molecule has 3 heterocycles. The molecule has 4 N–H and O–H groups in total. The van der Waals surface area contributed by atoms with Crippen LogP contribution >= 0.6 is 0 Å². The van der Waals surface area contributed by atoms with E-state index in [9.17, 15) is 9.90 Å². The van der Waals surface area contributed by atoms with Crippen LogP contribution in [0.1, 0.15) is 49.9 Å². The number of imidazole rings is 1. The van der Waals surface area contributed by atoms with Crippen molar-refractivity contribution >= 4 is 17.7 Å². The van der Waals surface area contributed by atoms with E-state index in [1.165, 1.54) is 0 Å². The third-order valence-electron chi connectivity index (χ3n) is 5.34. The summed E-state index contributed by atoms with van der Waals surface area (Å²) in [6, 6.07) is 10.5. The van der Waals surface area contributed by atoms with E-state index in [4.69, 9.17) is 9.98 Å². The number of nitrogens with one attached hydrogen (secondary N) is 3. The molecule has 4 aromatic rings. The number of aromatic amines is 2. The molecule has 0 amide bonds. The number of anilines is 1. The van der Waals surface area contributed by atoms with Gasteiger partial charge in [0.2, 0.25) is 11.8 Å². The standard InChI is InChI=1S/C22H24N8O2/c1-2-6-16(13-7-4-3-5-8-13)25-20-27-18-14(11-17-19(31)28-22(32)26-17)12-23-30(18)21(29-20)24-15-9-10-15/h3-5,7-8,11-12,15-16,31H,2,6,9-10H2,1H3,(H,24,25,29)(H2,26,28,32). The molecule has 1 saturated carbocycles. The van der Waals surface area contributed by atoms with E-state index in [0.717, 1.165) is 31.2 Å². The highest BCUT2D eigenvalue weighted by Crippen LogP contribution is 2.23. The molecule has 32 heavy (non-hydrogen) atoms. The Hall–Kier alpha value is -3.95. The van der Waals surface area contributed by atoms with Crippen molar-refractivity contribution in [1.82, 2.24) is 29.5 Å². The minimum atomic E-state index is -0.489. The molecule has 1 aliphatic carbocycles. The molecule has 1 atom stereocenters. The summed E-state index contributed by atoms with van der Waals surface area (Å²) >= 11 is 0. The third kappa shape index (κ3) is 4.11. The highest BCUT2D eigenvalue weighted by Gasteiger charge is 2.21. The van der Waals surface area contributed by atoms with Gasteiger partial charge in [0.1, 0.15) is 5.69 Å². The van der Waals surface area contributed by atoms with Gasteiger partial charge in [0, 0.05) is 5.22 Å². The quantitative estimate of drug-likeness (QED) is 0.349. The van der Waals surface area contributed by atoms with Gasteiger partial charge in [-0.3, -0.25) is 4.98 Å². The van der Waals surface area contributed by atoms with Crippen molar-refractivity contribution in [2.24, 2.45) is 4.99 Å². The van der Waals surface area contributed by atoms with E-state index in [-0.39, 0.29) is 23.7 Å². The van der Waals surface area contributed by atoms with Crippen molar-refractivity contribution in [3.05, 3.63) is 69.1 Å². The summed E-state index contributed by atoms with van der Waals surface area (Å²) in [6.07, 6.45) is 7.23. The van der Waals surface area contributed by atoms with Gasteiger partial charge < -0.3 is 15.4 Å². The van der Waals surface area contributed by atoms with Gasteiger partial charge in [-0.1, -0.05) is 43.7 Å². The molecule has 0 spiro atoms. The molecule has 1 unspecified atom stereocenters. The maximum Gasteiger partial charge on any atom is 0.326 e. The number of nitrogens with zero attached hydrogens (tertiary/aromatic N) is 5. The van der Waals surface area contributed by atoms with Crippen LogP contribution in [0.5, 0.6) is 5.88 Å². The number of hydrogen-bond acceptors (Lipinski definition) is 7. The average Bonchev–Trinajstić information content (AvgIpc) is 3.42. The first-order valence-corrected chi connectivity index (χ1v) is 10.7. The third-order valence-corrected chi connectivity index (χ3v) is 5.34. The summed E-state index contributed by atoms with van der Waals surface area (Å²) in [6.45, 7) is 2.14. The van der Waals surface area contributed by atoms with Crippen molar-refractivity contribution in [3.63, 3.8) is 0 Å². The summed E-state index contributed by atoms with van der Waals surface area (Å²) in [5.74, 6) is 0.220. The molecule has 164 valence electrons. The van der Waals surface area contributed by atoms with Crippen LogP contribution in [-0.2, 0) is 0 Å². The second-order valence-corrected chi connectivity index (χ2v) is 7.92. The van der Waals surface area contributed by atoms with E-state index < -0.39 is 5.69 Å². The van der Waals surface area contributed by atoms with Crippen LogP contribution in [0.2, 0.25) is 0 Å². The van der Waals surface area contributed by atoms with Gasteiger partial charge >= 0.3 is 5.69 Å². The van der Waals surface area contributed by atoms with Crippen LogP contribution in [0, 0.1) is 0 Å². The van der Waals surface area contributed by atoms with Crippen LogP contribution in [0.3, 0.4) is 0 Å². The topological polar surface area (TPSA) is 136 Å². The lowest BCUT2D eigenvalue weighted by Gasteiger charge is -2.18. The maximum atomic E-state index is 11.5. The van der Waals surface area contributed by atoms with Crippen molar-refractivity contribution in [2.45, 2.75) is 44.7 Å². The van der Waals surface area contributed by atoms with Gasteiger partial charge in [0.05, 0.1) is 18.3 Å². The predicted molar refractivity (Wildman–Crippen MR) is 119 cm³/mol. The summed E-state index contributed by atoms with van der Waals surface area (Å²) in [7, 11) is 0. The van der Waals surface area contributed by atoms with Crippen LogP contribution in [0.25, 0.3) is 11.7 Å². The lowest BCUT2D eigenvalue weighted by Crippen LogP contribution is -2.26. The Kier molecular flexibility index (Phi) is 5.18. The molecule has 10 nitrogen and oxygen atoms in total. The summed E-state index contributed by atoms with van der Waals surface area (Å²) in [4.78, 5) is 30.4. The molecular weight excluding hydrogens is 408 g/mol. The van der Waals surface area contributed by atoms with Crippen molar-refractivity contribution in [1.29, 1.82) is 0 Å². The lowest BCUT2D eigenvalue weighted by atomic mass is 10.0. The first kappa shape index (κ1) is 20.0. The fourth-order valence-corrected chi connectivity index (χ4v) is 3.60. The monoisotopic (exact) mass is 432 g/mol. The molecular formula is C22H24N8O2. The fraction of sp³-hybridized carbons (Fsp3) is 0.318. The normalized spacial score (nSPS) is 16.0. The van der Waals surface area contributed by atoms with Gasteiger partial charge in [-0.15, -0.1) is 0 Å². The van der Waals surface area contributed by atoms with Gasteiger partial charge in [0.15, 0.2) is 5.65 Å². The number of rotatable bonds is 7. The minimum Gasteiger partial charge on any atom is -0.493 e. The highest BCUT2D eigenvalue weighted by atomic mass is 16.3.